The number of carbonyl (C=O) groups is 1. The number of benzene rings is 1. The first-order valence-electron chi connectivity index (χ1n) is 9.81. The second kappa shape index (κ2) is 7.28. The van der Waals surface area contributed by atoms with Gasteiger partial charge in [0.05, 0.1) is 4.90 Å². The molecule has 1 aliphatic heterocycles. The van der Waals surface area contributed by atoms with Gasteiger partial charge < -0.3 is 9.88 Å². The molecule has 0 spiro atoms. The summed E-state index contributed by atoms with van der Waals surface area (Å²) in [4.78, 5) is 12.8. The molecule has 2 fully saturated rings. The summed E-state index contributed by atoms with van der Waals surface area (Å²) >= 11 is 0. The Morgan fingerprint density at radius 2 is 1.78 bits per heavy atom. The van der Waals surface area contributed by atoms with Crippen LogP contribution in [0.5, 0.6) is 0 Å². The summed E-state index contributed by atoms with van der Waals surface area (Å²) in [5, 5.41) is 4.07. The lowest BCUT2D eigenvalue weighted by Gasteiger charge is -2.31. The van der Waals surface area contributed by atoms with Crippen molar-refractivity contribution in [2.45, 2.75) is 49.5 Å². The molecule has 2 aliphatic rings. The largest absolute Gasteiger partial charge is 0.353 e. The van der Waals surface area contributed by atoms with Crippen LogP contribution in [0.4, 0.5) is 0 Å². The molecule has 1 amide bonds. The second-order valence-corrected chi connectivity index (χ2v) is 9.75. The van der Waals surface area contributed by atoms with Gasteiger partial charge in [-0.3, -0.25) is 4.79 Å². The molecule has 6 nitrogen and oxygen atoms in total. The molecule has 1 saturated heterocycles. The summed E-state index contributed by atoms with van der Waals surface area (Å²) in [6, 6.07) is 7.51. The molecule has 7 heteroatoms. The van der Waals surface area contributed by atoms with Crippen LogP contribution in [0.2, 0.25) is 0 Å². The molecule has 1 saturated carbocycles. The fourth-order valence-corrected chi connectivity index (χ4v) is 5.82. The Kier molecular flexibility index (Phi) is 4.99. The van der Waals surface area contributed by atoms with Gasteiger partial charge >= 0.3 is 0 Å². The van der Waals surface area contributed by atoms with E-state index in [1.807, 2.05) is 29.9 Å². The molecular formula is C20H27N3O3S. The fraction of sp³-hybridized carbons (Fsp3) is 0.550. The third kappa shape index (κ3) is 3.62. The molecule has 1 aromatic carbocycles. The van der Waals surface area contributed by atoms with E-state index in [4.69, 9.17) is 0 Å². The van der Waals surface area contributed by atoms with E-state index in [1.165, 1.54) is 17.1 Å². The van der Waals surface area contributed by atoms with Crippen LogP contribution >= 0.6 is 0 Å². The summed E-state index contributed by atoms with van der Waals surface area (Å²) in [5.74, 6) is 0.0262. The minimum atomic E-state index is -3.52. The molecule has 146 valence electrons. The van der Waals surface area contributed by atoms with Gasteiger partial charge in [0.25, 0.3) is 0 Å². The van der Waals surface area contributed by atoms with Crippen molar-refractivity contribution in [3.8, 4) is 0 Å². The average Bonchev–Trinajstić information content (AvgIpc) is 3.31. The van der Waals surface area contributed by atoms with E-state index in [2.05, 4.69) is 5.32 Å². The van der Waals surface area contributed by atoms with E-state index in [9.17, 15) is 13.2 Å². The smallest absolute Gasteiger partial charge is 0.243 e. The van der Waals surface area contributed by atoms with Crippen molar-refractivity contribution in [3.05, 3.63) is 30.5 Å². The van der Waals surface area contributed by atoms with Gasteiger partial charge in [-0.1, -0.05) is 12.8 Å². The Balaban J connectivity index is 1.42. The molecule has 4 rings (SSSR count). The Hall–Kier alpha value is -1.86. The van der Waals surface area contributed by atoms with Crippen molar-refractivity contribution in [1.82, 2.24) is 14.2 Å². The van der Waals surface area contributed by atoms with Crippen LogP contribution in [0.1, 0.15) is 38.5 Å². The SMILES string of the molecule is Cn1ccc2cc(S(=O)(=O)N3CCC(C(=O)NC4CCCC4)CC3)ccc21. The second-order valence-electron chi connectivity index (χ2n) is 7.82. The number of fused-ring (bicyclic) bond motifs is 1. The van der Waals surface area contributed by atoms with E-state index in [0.29, 0.717) is 36.9 Å². The average molecular weight is 390 g/mol. The fourth-order valence-electron chi connectivity index (χ4n) is 4.32. The van der Waals surface area contributed by atoms with Crippen molar-refractivity contribution in [3.63, 3.8) is 0 Å². The van der Waals surface area contributed by atoms with Gasteiger partial charge in [-0.2, -0.15) is 4.31 Å². The number of rotatable bonds is 4. The summed E-state index contributed by atoms with van der Waals surface area (Å²) < 4.78 is 29.5. The normalized spacial score (nSPS) is 20.3. The molecule has 1 aromatic heterocycles. The molecule has 0 bridgehead atoms. The molecule has 1 aliphatic carbocycles. The maximum absolute atomic E-state index is 13.0. The van der Waals surface area contributed by atoms with E-state index in [-0.39, 0.29) is 11.8 Å². The molecule has 27 heavy (non-hydrogen) atoms. The van der Waals surface area contributed by atoms with E-state index >= 15 is 0 Å². The van der Waals surface area contributed by atoms with Gasteiger partial charge in [0, 0.05) is 49.2 Å². The predicted molar refractivity (Wildman–Crippen MR) is 105 cm³/mol. The quantitative estimate of drug-likeness (QED) is 0.874. The molecule has 0 unspecified atom stereocenters. The summed E-state index contributed by atoms with van der Waals surface area (Å²) in [6.07, 6.45) is 7.62. The zero-order valence-electron chi connectivity index (χ0n) is 15.7. The number of amides is 1. The number of nitrogens with zero attached hydrogens (tertiary/aromatic N) is 2. The van der Waals surface area contributed by atoms with Crippen molar-refractivity contribution < 1.29 is 13.2 Å². The highest BCUT2D eigenvalue weighted by Gasteiger charge is 2.33. The summed E-state index contributed by atoms with van der Waals surface area (Å²) in [7, 11) is -1.58. The number of nitrogens with one attached hydrogen (secondary N) is 1. The number of aromatic nitrogens is 1. The molecule has 0 atom stereocenters. The van der Waals surface area contributed by atoms with Crippen LogP contribution in [-0.2, 0) is 21.9 Å². The minimum absolute atomic E-state index is 0.0753. The number of aryl methyl sites for hydroxylation is 1. The number of hydrogen-bond donors (Lipinski definition) is 1. The van der Waals surface area contributed by atoms with Gasteiger partial charge in [0.1, 0.15) is 0 Å². The van der Waals surface area contributed by atoms with Crippen LogP contribution < -0.4 is 5.32 Å². The first-order valence-corrected chi connectivity index (χ1v) is 11.2. The monoisotopic (exact) mass is 389 g/mol. The number of carbonyl (C=O) groups excluding carboxylic acids is 1. The van der Waals surface area contributed by atoms with Crippen molar-refractivity contribution >= 4 is 26.8 Å². The van der Waals surface area contributed by atoms with Gasteiger partial charge in [-0.25, -0.2) is 8.42 Å². The van der Waals surface area contributed by atoms with E-state index in [1.54, 1.807) is 12.1 Å². The van der Waals surface area contributed by atoms with Crippen molar-refractivity contribution in [2.75, 3.05) is 13.1 Å². The molecule has 0 radical (unpaired) electrons. The zero-order chi connectivity index (χ0) is 19.0. The lowest BCUT2D eigenvalue weighted by Crippen LogP contribution is -2.44. The molecule has 2 heterocycles. The Labute approximate surface area is 160 Å². The van der Waals surface area contributed by atoms with Crippen molar-refractivity contribution in [2.24, 2.45) is 13.0 Å². The predicted octanol–water partition coefficient (Wildman–Crippen LogP) is 2.64. The molecular weight excluding hydrogens is 362 g/mol. The van der Waals surface area contributed by atoms with E-state index < -0.39 is 10.0 Å². The van der Waals surface area contributed by atoms with E-state index in [0.717, 1.165) is 23.7 Å². The first kappa shape index (κ1) is 18.5. The van der Waals surface area contributed by atoms with Crippen LogP contribution in [0.15, 0.2) is 35.4 Å². The maximum Gasteiger partial charge on any atom is 0.243 e. The van der Waals surface area contributed by atoms with Gasteiger partial charge in [-0.15, -0.1) is 0 Å². The van der Waals surface area contributed by atoms with Crippen LogP contribution in [0, 0.1) is 5.92 Å². The molecule has 1 N–H and O–H groups in total. The maximum atomic E-state index is 13.0. The lowest BCUT2D eigenvalue weighted by atomic mass is 9.97. The summed E-state index contributed by atoms with van der Waals surface area (Å²) in [6.45, 7) is 0.801. The standard InChI is InChI=1S/C20H27N3O3S/c1-22-11-8-16-14-18(6-7-19(16)22)27(25,26)23-12-9-15(10-13-23)20(24)21-17-4-2-3-5-17/h6-8,11,14-15,17H,2-5,9-10,12-13H2,1H3,(H,21,24). The Morgan fingerprint density at radius 3 is 2.48 bits per heavy atom. The Morgan fingerprint density at radius 1 is 1.07 bits per heavy atom. The minimum Gasteiger partial charge on any atom is -0.353 e. The highest BCUT2D eigenvalue weighted by atomic mass is 32.2. The van der Waals surface area contributed by atoms with Gasteiger partial charge in [-0.05, 0) is 49.9 Å². The van der Waals surface area contributed by atoms with Crippen LogP contribution in [0.3, 0.4) is 0 Å². The highest BCUT2D eigenvalue weighted by molar-refractivity contribution is 7.89. The third-order valence-electron chi connectivity index (χ3n) is 6.02. The molecule has 2 aromatic rings. The van der Waals surface area contributed by atoms with Gasteiger partial charge in [0.15, 0.2) is 0 Å². The first-order chi connectivity index (χ1) is 12.9. The van der Waals surface area contributed by atoms with Gasteiger partial charge in [0.2, 0.25) is 15.9 Å². The number of hydrogen-bond acceptors (Lipinski definition) is 3. The number of sulfonamides is 1. The van der Waals surface area contributed by atoms with Crippen LogP contribution in [0.25, 0.3) is 10.9 Å². The summed E-state index contributed by atoms with van der Waals surface area (Å²) in [5.41, 5.74) is 1.01. The Bertz CT molecular complexity index is 937. The third-order valence-corrected chi connectivity index (χ3v) is 7.92. The van der Waals surface area contributed by atoms with Crippen molar-refractivity contribution in [1.29, 1.82) is 0 Å². The van der Waals surface area contributed by atoms with Crippen LogP contribution in [-0.4, -0.2) is 42.3 Å². The zero-order valence-corrected chi connectivity index (χ0v) is 16.5. The lowest BCUT2D eigenvalue weighted by molar-refractivity contribution is -0.126. The number of piperidine rings is 1. The highest BCUT2D eigenvalue weighted by Crippen LogP contribution is 2.27. The topological polar surface area (TPSA) is 71.4 Å².